The average Bonchev–Trinajstić information content (AvgIpc) is 2.71. The zero-order chi connectivity index (χ0) is 11.1. The lowest BCUT2D eigenvalue weighted by molar-refractivity contribution is 0.644. The molecule has 4 heteroatoms. The summed E-state index contributed by atoms with van der Waals surface area (Å²) in [6.07, 6.45) is 8.22. The fourth-order valence-corrected chi connectivity index (χ4v) is 4.16. The molecule has 0 radical (unpaired) electrons. The highest BCUT2D eigenvalue weighted by atomic mass is 35.8. The lowest BCUT2D eigenvalue weighted by Crippen LogP contribution is -2.10. The van der Waals surface area contributed by atoms with Gasteiger partial charge in [0.1, 0.15) is 0 Å². The summed E-state index contributed by atoms with van der Waals surface area (Å²) in [4.78, 5) is 0. The highest BCUT2D eigenvalue weighted by Gasteiger charge is 2.36. The molecule has 0 saturated heterocycles. The molecule has 1 fully saturated rings. The molecule has 0 aliphatic heterocycles. The van der Waals surface area contributed by atoms with Gasteiger partial charge in [-0.2, -0.15) is 0 Å². The van der Waals surface area contributed by atoms with E-state index >= 15 is 0 Å². The SMILES string of the molecule is CC=C1CC2CC1C=C2CC[Si](Cl)(Cl)Cl. The van der Waals surface area contributed by atoms with E-state index in [0.29, 0.717) is 5.92 Å². The topological polar surface area (TPSA) is 0 Å². The Bertz CT molecular complexity index is 314. The Balaban J connectivity index is 1.95. The second-order valence-corrected chi connectivity index (χ2v) is 13.7. The van der Waals surface area contributed by atoms with Crippen LogP contribution >= 0.6 is 33.2 Å². The van der Waals surface area contributed by atoms with Crippen LogP contribution in [0.5, 0.6) is 0 Å². The fourth-order valence-electron chi connectivity index (χ4n) is 2.73. The van der Waals surface area contributed by atoms with Crippen molar-refractivity contribution in [2.24, 2.45) is 11.8 Å². The van der Waals surface area contributed by atoms with E-state index in [1.165, 1.54) is 12.8 Å². The van der Waals surface area contributed by atoms with Crippen molar-refractivity contribution in [2.45, 2.75) is 32.2 Å². The maximum atomic E-state index is 5.90. The van der Waals surface area contributed by atoms with Crippen molar-refractivity contribution in [3.63, 3.8) is 0 Å². The van der Waals surface area contributed by atoms with Gasteiger partial charge in [0.25, 0.3) is 0 Å². The van der Waals surface area contributed by atoms with Crippen LogP contribution in [0.1, 0.15) is 26.2 Å². The molecule has 1 saturated carbocycles. The molecule has 2 atom stereocenters. The van der Waals surface area contributed by atoms with E-state index in [-0.39, 0.29) is 0 Å². The van der Waals surface area contributed by atoms with E-state index in [1.807, 2.05) is 0 Å². The first-order valence-corrected chi connectivity index (χ1v) is 10.7. The molecule has 0 aromatic heterocycles. The number of fused-ring (bicyclic) bond motifs is 2. The van der Waals surface area contributed by atoms with E-state index < -0.39 is 6.00 Å². The Labute approximate surface area is 106 Å². The van der Waals surface area contributed by atoms with Crippen molar-refractivity contribution in [1.82, 2.24) is 0 Å². The molecule has 2 aliphatic carbocycles. The molecule has 2 aliphatic rings. The zero-order valence-corrected chi connectivity index (χ0v) is 12.0. The van der Waals surface area contributed by atoms with Gasteiger partial charge in [-0.25, -0.2) is 0 Å². The summed E-state index contributed by atoms with van der Waals surface area (Å²) in [7, 11) is 0. The van der Waals surface area contributed by atoms with Crippen LogP contribution in [0, 0.1) is 11.8 Å². The molecule has 2 unspecified atom stereocenters. The van der Waals surface area contributed by atoms with Gasteiger partial charge in [-0.1, -0.05) is 23.3 Å². The number of hydrogen-bond acceptors (Lipinski definition) is 0. The molecule has 2 bridgehead atoms. The van der Waals surface area contributed by atoms with Gasteiger partial charge in [-0.05, 0) is 44.1 Å². The molecule has 2 rings (SSSR count). The first kappa shape index (κ1) is 12.0. The number of allylic oxidation sites excluding steroid dienone is 4. The minimum Gasteiger partial charge on any atom is -0.126 e. The summed E-state index contributed by atoms with van der Waals surface area (Å²) >= 11 is 17.7. The third kappa shape index (κ3) is 2.82. The number of halogens is 3. The van der Waals surface area contributed by atoms with Crippen molar-refractivity contribution in [3.8, 4) is 0 Å². The van der Waals surface area contributed by atoms with Crippen LogP contribution in [0.3, 0.4) is 0 Å². The second-order valence-electron chi connectivity index (χ2n) is 4.46. The molecular weight excluding hydrogens is 267 g/mol. The standard InChI is InChI=1S/C11H15Cl3Si/c1-2-8-5-11-7-10(8)6-9(11)3-4-15(12,13)14/h2,6,10-11H,3-5,7H2,1H3. The molecule has 84 valence electrons. The summed E-state index contributed by atoms with van der Waals surface area (Å²) in [6, 6.07) is -1.64. The predicted molar refractivity (Wildman–Crippen MR) is 70.8 cm³/mol. The molecule has 0 heterocycles. The fraction of sp³-hybridized carbons (Fsp3) is 0.636. The van der Waals surface area contributed by atoms with E-state index in [0.717, 1.165) is 18.4 Å². The zero-order valence-electron chi connectivity index (χ0n) is 8.77. The molecule has 0 aromatic carbocycles. The minimum absolute atomic E-state index is 0.701. The quantitative estimate of drug-likeness (QED) is 0.390. The van der Waals surface area contributed by atoms with E-state index in [9.17, 15) is 0 Å². The molecular formula is C11H15Cl3Si. The van der Waals surface area contributed by atoms with Crippen molar-refractivity contribution in [2.75, 3.05) is 0 Å². The van der Waals surface area contributed by atoms with E-state index in [4.69, 9.17) is 33.2 Å². The van der Waals surface area contributed by atoms with E-state index in [2.05, 4.69) is 19.1 Å². The summed E-state index contributed by atoms with van der Waals surface area (Å²) in [5.74, 6) is 1.45. The van der Waals surface area contributed by atoms with Crippen molar-refractivity contribution in [3.05, 3.63) is 23.3 Å². The van der Waals surface area contributed by atoms with Crippen LogP contribution in [0.15, 0.2) is 23.3 Å². The van der Waals surface area contributed by atoms with Gasteiger partial charge in [0.2, 0.25) is 0 Å². The monoisotopic (exact) mass is 280 g/mol. The Kier molecular flexibility index (Phi) is 3.56. The lowest BCUT2D eigenvalue weighted by Gasteiger charge is -2.16. The molecule has 0 spiro atoms. The molecule has 0 nitrogen and oxygen atoms in total. The normalized spacial score (nSPS) is 32.5. The Morgan fingerprint density at radius 2 is 2.20 bits per heavy atom. The Morgan fingerprint density at radius 1 is 1.47 bits per heavy atom. The van der Waals surface area contributed by atoms with Crippen LogP contribution in [0.25, 0.3) is 0 Å². The van der Waals surface area contributed by atoms with Crippen molar-refractivity contribution < 1.29 is 0 Å². The Hall–Kier alpha value is 0.567. The molecule has 15 heavy (non-hydrogen) atoms. The smallest absolute Gasteiger partial charge is 0.126 e. The molecule has 0 N–H and O–H groups in total. The summed E-state index contributed by atoms with van der Waals surface area (Å²) in [5.41, 5.74) is 3.15. The highest BCUT2D eigenvalue weighted by molar-refractivity contribution is 7.64. The number of hydrogen-bond donors (Lipinski definition) is 0. The molecule has 0 aromatic rings. The van der Waals surface area contributed by atoms with Gasteiger partial charge in [-0.3, -0.25) is 0 Å². The van der Waals surface area contributed by atoms with Gasteiger partial charge < -0.3 is 0 Å². The third-order valence-electron chi connectivity index (χ3n) is 3.50. The third-order valence-corrected chi connectivity index (χ3v) is 6.02. The highest BCUT2D eigenvalue weighted by Crippen LogP contribution is 2.49. The summed E-state index contributed by atoms with van der Waals surface area (Å²) in [6.45, 7) is 2.14. The minimum atomic E-state index is -2.42. The first-order valence-electron chi connectivity index (χ1n) is 5.42. The average molecular weight is 282 g/mol. The van der Waals surface area contributed by atoms with Crippen molar-refractivity contribution >= 4 is 39.2 Å². The van der Waals surface area contributed by atoms with Crippen LogP contribution in [-0.2, 0) is 0 Å². The van der Waals surface area contributed by atoms with Gasteiger partial charge in [0.05, 0.1) is 0 Å². The maximum Gasteiger partial charge on any atom is 0.341 e. The van der Waals surface area contributed by atoms with Crippen LogP contribution in [0.4, 0.5) is 0 Å². The second kappa shape index (κ2) is 4.44. The van der Waals surface area contributed by atoms with Gasteiger partial charge >= 0.3 is 6.00 Å². The van der Waals surface area contributed by atoms with Gasteiger partial charge in [-0.15, -0.1) is 33.2 Å². The van der Waals surface area contributed by atoms with Gasteiger partial charge in [0, 0.05) is 0 Å². The lowest BCUT2D eigenvalue weighted by atomic mass is 9.93. The van der Waals surface area contributed by atoms with E-state index in [1.54, 1.807) is 11.1 Å². The maximum absolute atomic E-state index is 5.90. The predicted octanol–water partition coefficient (Wildman–Crippen LogP) is 4.94. The van der Waals surface area contributed by atoms with Gasteiger partial charge in [0.15, 0.2) is 0 Å². The van der Waals surface area contributed by atoms with Crippen molar-refractivity contribution in [1.29, 1.82) is 0 Å². The largest absolute Gasteiger partial charge is 0.341 e. The Morgan fingerprint density at radius 3 is 2.67 bits per heavy atom. The van der Waals surface area contributed by atoms with Crippen LogP contribution < -0.4 is 0 Å². The van der Waals surface area contributed by atoms with Crippen LogP contribution in [-0.4, -0.2) is 6.00 Å². The van der Waals surface area contributed by atoms with Crippen LogP contribution in [0.2, 0.25) is 6.04 Å². The number of rotatable bonds is 3. The first-order chi connectivity index (χ1) is 6.99. The summed E-state index contributed by atoms with van der Waals surface area (Å²) in [5, 5.41) is 0. The summed E-state index contributed by atoms with van der Waals surface area (Å²) < 4.78 is 0. The molecule has 0 amide bonds.